The van der Waals surface area contributed by atoms with Gasteiger partial charge in [0.25, 0.3) is 5.95 Å². The lowest BCUT2D eigenvalue weighted by atomic mass is 9.78. The Hall–Kier alpha value is -0.895. The molecule has 0 spiro atoms. The van der Waals surface area contributed by atoms with Gasteiger partial charge in [0.05, 0.1) is 0 Å². The third kappa shape index (κ3) is 2.81. The van der Waals surface area contributed by atoms with E-state index in [1.54, 1.807) is 6.07 Å². The van der Waals surface area contributed by atoms with Crippen LogP contribution in [0.2, 0.25) is 0 Å². The summed E-state index contributed by atoms with van der Waals surface area (Å²) in [6, 6.07) is 3.68. The summed E-state index contributed by atoms with van der Waals surface area (Å²) in [4.78, 5) is 0. The first kappa shape index (κ1) is 11.2. The molecule has 0 saturated carbocycles. The summed E-state index contributed by atoms with van der Waals surface area (Å²) in [5.41, 5.74) is -0.591. The van der Waals surface area contributed by atoms with E-state index in [-0.39, 0.29) is 7.48 Å². The maximum atomic E-state index is 9.00. The number of rotatable bonds is 4. The molecule has 1 rings (SSSR count). The molecular formula is C10H17BO3. The molecule has 0 radical (unpaired) electrons. The Morgan fingerprint density at radius 1 is 1.43 bits per heavy atom. The van der Waals surface area contributed by atoms with Gasteiger partial charge in [-0.05, 0) is 19.9 Å². The summed E-state index contributed by atoms with van der Waals surface area (Å²) < 4.78 is 10.9. The van der Waals surface area contributed by atoms with Crippen molar-refractivity contribution in [2.45, 2.75) is 39.1 Å². The van der Waals surface area contributed by atoms with E-state index < -0.39 is 5.50 Å². The van der Waals surface area contributed by atoms with Crippen LogP contribution < -0.4 is 4.74 Å². The van der Waals surface area contributed by atoms with Gasteiger partial charge in [-0.3, -0.25) is 0 Å². The summed E-state index contributed by atoms with van der Waals surface area (Å²) >= 11 is 0. The third-order valence-electron chi connectivity index (χ3n) is 1.93. The molecule has 0 saturated heterocycles. The molecule has 1 aromatic heterocycles. The van der Waals surface area contributed by atoms with Crippen molar-refractivity contribution in [3.05, 3.63) is 17.9 Å². The topological polar surface area (TPSA) is 42.6 Å². The second kappa shape index (κ2) is 4.09. The molecule has 1 N–H and O–H groups in total. The van der Waals surface area contributed by atoms with Gasteiger partial charge < -0.3 is 14.2 Å². The molecule has 0 amide bonds. The van der Waals surface area contributed by atoms with E-state index in [0.717, 1.165) is 5.76 Å². The van der Waals surface area contributed by atoms with Crippen LogP contribution >= 0.6 is 0 Å². The van der Waals surface area contributed by atoms with Gasteiger partial charge in [0, 0.05) is 12.0 Å². The highest BCUT2D eigenvalue weighted by Crippen LogP contribution is 2.25. The van der Waals surface area contributed by atoms with Crippen LogP contribution in [0.5, 0.6) is 5.95 Å². The van der Waals surface area contributed by atoms with E-state index in [4.69, 9.17) is 14.2 Å². The molecule has 0 atom stereocenters. The molecule has 0 aliphatic carbocycles. The number of ether oxygens (including phenoxy) is 1. The van der Waals surface area contributed by atoms with Gasteiger partial charge in [-0.25, -0.2) is 0 Å². The molecule has 4 heteroatoms. The van der Waals surface area contributed by atoms with Crippen molar-refractivity contribution in [3.63, 3.8) is 0 Å². The van der Waals surface area contributed by atoms with Crippen LogP contribution in [-0.2, 0) is 0 Å². The van der Waals surface area contributed by atoms with E-state index in [2.05, 4.69) is 13.8 Å². The van der Waals surface area contributed by atoms with Gasteiger partial charge in [0.1, 0.15) is 11.3 Å². The predicted molar refractivity (Wildman–Crippen MR) is 56.9 cm³/mol. The quantitative estimate of drug-likeness (QED) is 0.747. The molecule has 0 bridgehead atoms. The van der Waals surface area contributed by atoms with Gasteiger partial charge in [0.2, 0.25) is 0 Å². The molecule has 1 heterocycles. The highest BCUT2D eigenvalue weighted by Gasteiger charge is 2.22. The molecule has 14 heavy (non-hydrogen) atoms. The summed E-state index contributed by atoms with van der Waals surface area (Å²) in [5, 5.41) is 9.00. The Labute approximate surface area is 85.3 Å². The molecule has 0 aromatic carbocycles. The summed E-state index contributed by atoms with van der Waals surface area (Å²) in [5.74, 6) is 1.71. The first-order valence-corrected chi connectivity index (χ1v) is 4.84. The molecule has 3 nitrogen and oxygen atoms in total. The fourth-order valence-corrected chi connectivity index (χ4v) is 1.00. The molecular weight excluding hydrogens is 179 g/mol. The minimum absolute atomic E-state index is 0.0370. The van der Waals surface area contributed by atoms with Crippen molar-refractivity contribution in [1.29, 1.82) is 0 Å². The van der Waals surface area contributed by atoms with Crippen LogP contribution in [0.15, 0.2) is 16.5 Å². The fraction of sp³-hybridized carbons (Fsp3) is 0.600. The largest absolute Gasteiger partial charge is 0.465 e. The van der Waals surface area contributed by atoms with Crippen molar-refractivity contribution < 1.29 is 14.2 Å². The summed E-state index contributed by atoms with van der Waals surface area (Å²) in [7, 11) is -0.0370. The zero-order valence-electron chi connectivity index (χ0n) is 9.20. The summed E-state index contributed by atoms with van der Waals surface area (Å²) in [6.45, 7) is 7.73. The Morgan fingerprint density at radius 2 is 2.07 bits per heavy atom. The van der Waals surface area contributed by atoms with Gasteiger partial charge in [0.15, 0.2) is 0 Å². The SMILES string of the molecule is CC(C)c1ccc(OC(C)(C)BO)o1. The van der Waals surface area contributed by atoms with E-state index in [1.165, 1.54) is 0 Å². The monoisotopic (exact) mass is 196 g/mol. The Morgan fingerprint density at radius 3 is 2.50 bits per heavy atom. The fourth-order valence-electron chi connectivity index (χ4n) is 1.00. The lowest BCUT2D eigenvalue weighted by Gasteiger charge is -2.20. The molecule has 0 aliphatic rings. The standard InChI is InChI=1S/C10H17BO3/c1-7(2)8-5-6-9(13-8)14-10(3,4)11-12/h5-7,11-12H,1-4H3. The minimum atomic E-state index is -0.591. The Kier molecular flexibility index (Phi) is 3.27. The lowest BCUT2D eigenvalue weighted by molar-refractivity contribution is 0.134. The van der Waals surface area contributed by atoms with E-state index in [1.807, 2.05) is 19.9 Å². The van der Waals surface area contributed by atoms with Crippen LogP contribution in [-0.4, -0.2) is 18.0 Å². The molecule has 78 valence electrons. The van der Waals surface area contributed by atoms with Crippen LogP contribution in [0.25, 0.3) is 0 Å². The van der Waals surface area contributed by atoms with Gasteiger partial charge in [-0.1, -0.05) is 13.8 Å². The van der Waals surface area contributed by atoms with Crippen molar-refractivity contribution in [1.82, 2.24) is 0 Å². The smallest absolute Gasteiger partial charge is 0.318 e. The highest BCUT2D eigenvalue weighted by molar-refractivity contribution is 6.29. The van der Waals surface area contributed by atoms with Crippen molar-refractivity contribution >= 4 is 7.48 Å². The van der Waals surface area contributed by atoms with Crippen LogP contribution in [0.3, 0.4) is 0 Å². The average molecular weight is 196 g/mol. The normalized spacial score (nSPS) is 11.9. The average Bonchev–Trinajstić information content (AvgIpc) is 2.52. The van der Waals surface area contributed by atoms with Crippen molar-refractivity contribution in [2.24, 2.45) is 0 Å². The van der Waals surface area contributed by atoms with Crippen molar-refractivity contribution in [3.8, 4) is 5.95 Å². The van der Waals surface area contributed by atoms with E-state index in [9.17, 15) is 0 Å². The third-order valence-corrected chi connectivity index (χ3v) is 1.93. The maximum absolute atomic E-state index is 9.00. The van der Waals surface area contributed by atoms with Gasteiger partial charge in [-0.15, -0.1) is 0 Å². The maximum Gasteiger partial charge on any atom is 0.318 e. The van der Waals surface area contributed by atoms with E-state index >= 15 is 0 Å². The van der Waals surface area contributed by atoms with Crippen LogP contribution in [0.1, 0.15) is 39.4 Å². The number of furan rings is 1. The Bertz CT molecular complexity index is 291. The first-order chi connectivity index (χ1) is 6.44. The Balaban J connectivity index is 2.69. The van der Waals surface area contributed by atoms with Crippen LogP contribution in [0.4, 0.5) is 0 Å². The first-order valence-electron chi connectivity index (χ1n) is 4.84. The molecule has 0 unspecified atom stereocenters. The minimum Gasteiger partial charge on any atom is -0.465 e. The number of hydrogen-bond donors (Lipinski definition) is 1. The summed E-state index contributed by atoms with van der Waals surface area (Å²) in [6.07, 6.45) is 0. The highest BCUT2D eigenvalue weighted by atomic mass is 16.6. The van der Waals surface area contributed by atoms with Gasteiger partial charge in [-0.2, -0.15) is 0 Å². The lowest BCUT2D eigenvalue weighted by Crippen LogP contribution is -2.35. The zero-order chi connectivity index (χ0) is 10.8. The van der Waals surface area contributed by atoms with E-state index in [0.29, 0.717) is 11.9 Å². The molecule has 1 aromatic rings. The zero-order valence-corrected chi connectivity index (χ0v) is 9.20. The predicted octanol–water partition coefficient (Wildman–Crippen LogP) is 1.86. The van der Waals surface area contributed by atoms with Crippen molar-refractivity contribution in [2.75, 3.05) is 0 Å². The molecule has 0 fully saturated rings. The molecule has 0 aliphatic heterocycles. The second-order valence-electron chi connectivity index (χ2n) is 4.33. The van der Waals surface area contributed by atoms with Gasteiger partial charge >= 0.3 is 7.48 Å². The van der Waals surface area contributed by atoms with Crippen LogP contribution in [0, 0.1) is 0 Å². The number of hydrogen-bond acceptors (Lipinski definition) is 3. The second-order valence-corrected chi connectivity index (χ2v) is 4.33.